The van der Waals surface area contributed by atoms with E-state index in [1.807, 2.05) is 24.3 Å². The third-order valence-electron chi connectivity index (χ3n) is 5.52. The Morgan fingerprint density at radius 3 is 2.03 bits per heavy atom. The number of carbonyl (C=O) groups is 2. The normalized spacial score (nSPS) is 16.0. The SMILES string of the molecule is CC(C)c1ccc(C(=O)N2CCN(C(=O)c3cc(Cl)c4c(c3)OCCO4)CC2)cc1. The molecule has 0 spiro atoms. The lowest BCUT2D eigenvalue weighted by Gasteiger charge is -2.35. The predicted molar refractivity (Wildman–Crippen MR) is 115 cm³/mol. The van der Waals surface area contributed by atoms with Gasteiger partial charge < -0.3 is 19.3 Å². The topological polar surface area (TPSA) is 59.1 Å². The third-order valence-corrected chi connectivity index (χ3v) is 5.80. The van der Waals surface area contributed by atoms with Crippen LogP contribution in [0, 0.1) is 0 Å². The summed E-state index contributed by atoms with van der Waals surface area (Å²) in [5, 5.41) is 0.370. The molecular weight excluding hydrogens is 404 g/mol. The van der Waals surface area contributed by atoms with Crippen molar-refractivity contribution >= 4 is 23.4 Å². The molecule has 2 heterocycles. The van der Waals surface area contributed by atoms with E-state index in [2.05, 4.69) is 13.8 Å². The monoisotopic (exact) mass is 428 g/mol. The molecule has 0 aliphatic carbocycles. The van der Waals surface area contributed by atoms with Crippen molar-refractivity contribution in [3.8, 4) is 11.5 Å². The van der Waals surface area contributed by atoms with Gasteiger partial charge >= 0.3 is 0 Å². The summed E-state index contributed by atoms with van der Waals surface area (Å²) in [6.45, 7) is 7.06. The van der Waals surface area contributed by atoms with Crippen molar-refractivity contribution in [1.29, 1.82) is 0 Å². The summed E-state index contributed by atoms with van der Waals surface area (Å²) in [6, 6.07) is 11.1. The molecule has 2 aliphatic heterocycles. The third kappa shape index (κ3) is 4.10. The molecule has 0 aromatic heterocycles. The van der Waals surface area contributed by atoms with Crippen molar-refractivity contribution in [1.82, 2.24) is 9.80 Å². The van der Waals surface area contributed by atoms with Crippen LogP contribution < -0.4 is 9.47 Å². The summed E-state index contributed by atoms with van der Waals surface area (Å²) in [5.41, 5.74) is 2.35. The molecule has 1 saturated heterocycles. The molecule has 7 heteroatoms. The van der Waals surface area contributed by atoms with Crippen LogP contribution in [0.1, 0.15) is 46.0 Å². The lowest BCUT2D eigenvalue weighted by Crippen LogP contribution is -2.50. The quantitative estimate of drug-likeness (QED) is 0.745. The fourth-order valence-electron chi connectivity index (χ4n) is 3.72. The minimum Gasteiger partial charge on any atom is -0.486 e. The summed E-state index contributed by atoms with van der Waals surface area (Å²) in [4.78, 5) is 29.3. The van der Waals surface area contributed by atoms with Gasteiger partial charge in [0.1, 0.15) is 13.2 Å². The zero-order chi connectivity index (χ0) is 21.3. The van der Waals surface area contributed by atoms with Gasteiger partial charge in [0.05, 0.1) is 5.02 Å². The van der Waals surface area contributed by atoms with Gasteiger partial charge in [0.2, 0.25) is 0 Å². The maximum atomic E-state index is 13.0. The van der Waals surface area contributed by atoms with E-state index >= 15 is 0 Å². The van der Waals surface area contributed by atoms with Gasteiger partial charge in [-0.05, 0) is 35.7 Å². The Bertz CT molecular complexity index is 950. The molecule has 4 rings (SSSR count). The fourth-order valence-corrected chi connectivity index (χ4v) is 3.99. The van der Waals surface area contributed by atoms with Crippen LogP contribution in [0.5, 0.6) is 11.5 Å². The van der Waals surface area contributed by atoms with Crippen molar-refractivity contribution in [2.75, 3.05) is 39.4 Å². The minimum absolute atomic E-state index is 0.000205. The van der Waals surface area contributed by atoms with E-state index in [-0.39, 0.29) is 11.8 Å². The number of hydrogen-bond donors (Lipinski definition) is 0. The molecule has 2 aromatic carbocycles. The van der Waals surface area contributed by atoms with Crippen LogP contribution in [0.3, 0.4) is 0 Å². The number of ether oxygens (including phenoxy) is 2. The molecule has 6 nitrogen and oxygen atoms in total. The van der Waals surface area contributed by atoms with E-state index in [0.717, 1.165) is 0 Å². The summed E-state index contributed by atoms with van der Waals surface area (Å²) in [6.07, 6.45) is 0. The van der Waals surface area contributed by atoms with Gasteiger partial charge in [0, 0.05) is 37.3 Å². The van der Waals surface area contributed by atoms with E-state index < -0.39 is 0 Å². The minimum atomic E-state index is -0.123. The van der Waals surface area contributed by atoms with Crippen LogP contribution in [0.2, 0.25) is 5.02 Å². The van der Waals surface area contributed by atoms with Gasteiger partial charge in [-0.15, -0.1) is 0 Å². The molecule has 2 aromatic rings. The van der Waals surface area contributed by atoms with Gasteiger partial charge in [0.25, 0.3) is 11.8 Å². The number of piperazine rings is 1. The van der Waals surface area contributed by atoms with E-state index in [0.29, 0.717) is 73.0 Å². The first kappa shape index (κ1) is 20.5. The lowest BCUT2D eigenvalue weighted by atomic mass is 10.0. The molecule has 2 aliphatic rings. The first-order chi connectivity index (χ1) is 14.4. The lowest BCUT2D eigenvalue weighted by molar-refractivity contribution is 0.0535. The summed E-state index contributed by atoms with van der Waals surface area (Å²) >= 11 is 6.26. The second kappa shape index (κ2) is 8.56. The zero-order valence-corrected chi connectivity index (χ0v) is 17.9. The van der Waals surface area contributed by atoms with Crippen molar-refractivity contribution in [3.05, 3.63) is 58.1 Å². The average Bonchev–Trinajstić information content (AvgIpc) is 2.78. The number of rotatable bonds is 3. The number of fused-ring (bicyclic) bond motifs is 1. The zero-order valence-electron chi connectivity index (χ0n) is 17.2. The molecule has 0 bridgehead atoms. The maximum absolute atomic E-state index is 13.0. The Kier molecular flexibility index (Phi) is 5.86. The van der Waals surface area contributed by atoms with Gasteiger partial charge in [-0.25, -0.2) is 0 Å². The highest BCUT2D eigenvalue weighted by Crippen LogP contribution is 2.38. The van der Waals surface area contributed by atoms with E-state index in [1.165, 1.54) is 5.56 Å². The smallest absolute Gasteiger partial charge is 0.254 e. The molecule has 0 unspecified atom stereocenters. The fraction of sp³-hybridized carbons (Fsp3) is 0.391. The first-order valence-corrected chi connectivity index (χ1v) is 10.6. The van der Waals surface area contributed by atoms with Crippen molar-refractivity contribution in [3.63, 3.8) is 0 Å². The van der Waals surface area contributed by atoms with E-state index in [9.17, 15) is 9.59 Å². The first-order valence-electron chi connectivity index (χ1n) is 10.2. The maximum Gasteiger partial charge on any atom is 0.254 e. The largest absolute Gasteiger partial charge is 0.486 e. The van der Waals surface area contributed by atoms with Crippen molar-refractivity contribution in [2.45, 2.75) is 19.8 Å². The highest BCUT2D eigenvalue weighted by atomic mass is 35.5. The molecule has 1 fully saturated rings. The van der Waals surface area contributed by atoms with Crippen LogP contribution in [0.4, 0.5) is 0 Å². The number of benzene rings is 2. The molecule has 0 saturated carbocycles. The van der Waals surface area contributed by atoms with E-state index in [1.54, 1.807) is 21.9 Å². The Labute approximate surface area is 181 Å². The number of amides is 2. The summed E-state index contributed by atoms with van der Waals surface area (Å²) in [5.74, 6) is 1.29. The predicted octanol–water partition coefficient (Wildman–Crippen LogP) is 3.83. The van der Waals surface area contributed by atoms with Crippen LogP contribution in [-0.4, -0.2) is 61.0 Å². The molecule has 158 valence electrons. The molecule has 2 amide bonds. The standard InChI is InChI=1S/C23H25ClN2O4/c1-15(2)16-3-5-17(6-4-16)22(27)25-7-9-26(10-8-25)23(28)18-13-19(24)21-20(14-18)29-11-12-30-21/h3-6,13-15H,7-12H2,1-2H3. The molecule has 0 atom stereocenters. The van der Waals surface area contributed by atoms with Crippen LogP contribution in [0.15, 0.2) is 36.4 Å². The van der Waals surface area contributed by atoms with Gasteiger partial charge in [0.15, 0.2) is 11.5 Å². The summed E-state index contributed by atoms with van der Waals surface area (Å²) in [7, 11) is 0. The highest BCUT2D eigenvalue weighted by molar-refractivity contribution is 6.32. The summed E-state index contributed by atoms with van der Waals surface area (Å²) < 4.78 is 11.1. The number of nitrogens with zero attached hydrogens (tertiary/aromatic N) is 2. The van der Waals surface area contributed by atoms with Crippen molar-refractivity contribution in [2.24, 2.45) is 0 Å². The van der Waals surface area contributed by atoms with Crippen molar-refractivity contribution < 1.29 is 19.1 Å². The Morgan fingerprint density at radius 1 is 0.867 bits per heavy atom. The van der Waals surface area contributed by atoms with Gasteiger partial charge in [-0.2, -0.15) is 0 Å². The van der Waals surface area contributed by atoms with Gasteiger partial charge in [-0.3, -0.25) is 9.59 Å². The van der Waals surface area contributed by atoms with Gasteiger partial charge in [-0.1, -0.05) is 37.6 Å². The Hall–Kier alpha value is -2.73. The average molecular weight is 429 g/mol. The number of halogens is 1. The van der Waals surface area contributed by atoms with E-state index in [4.69, 9.17) is 21.1 Å². The van der Waals surface area contributed by atoms with Crippen LogP contribution in [0.25, 0.3) is 0 Å². The Morgan fingerprint density at radius 2 is 1.43 bits per heavy atom. The second-order valence-corrected chi connectivity index (χ2v) is 8.25. The molecule has 0 radical (unpaired) electrons. The molecule has 0 N–H and O–H groups in total. The van der Waals surface area contributed by atoms with Crippen LogP contribution in [-0.2, 0) is 0 Å². The molecule has 30 heavy (non-hydrogen) atoms. The van der Waals surface area contributed by atoms with Crippen LogP contribution >= 0.6 is 11.6 Å². The number of hydrogen-bond acceptors (Lipinski definition) is 4. The number of carbonyl (C=O) groups excluding carboxylic acids is 2. The molecular formula is C23H25ClN2O4. The highest BCUT2D eigenvalue weighted by Gasteiger charge is 2.27. The second-order valence-electron chi connectivity index (χ2n) is 7.84. The Balaban J connectivity index is 1.40.